The van der Waals surface area contributed by atoms with Crippen molar-refractivity contribution < 1.29 is 14.3 Å². The second-order valence-corrected chi connectivity index (χ2v) is 8.25. The fourth-order valence-corrected chi connectivity index (χ4v) is 4.86. The molecule has 134 valence electrons. The largest absolute Gasteiger partial charge is 0.479 e. The minimum absolute atomic E-state index is 0.183. The van der Waals surface area contributed by atoms with E-state index in [4.69, 9.17) is 0 Å². The number of carboxylic acid groups (broad SMARTS) is 1. The van der Waals surface area contributed by atoms with Crippen LogP contribution < -0.4 is 4.90 Å². The number of nitrogens with zero attached hydrogens (tertiary/aromatic N) is 3. The number of anilines is 1. The molecule has 2 fully saturated rings. The number of aromatic amines is 1. The number of halogens is 2. The number of fused-ring (bicyclic) bond motifs is 3. The molecule has 0 amide bonds. The topological polar surface area (TPSA) is 82.1 Å². The number of rotatable bonds is 2. The first kappa shape index (κ1) is 16.0. The highest BCUT2D eigenvalue weighted by atomic mass is 79.9. The summed E-state index contributed by atoms with van der Waals surface area (Å²) < 4.78 is 16.4. The van der Waals surface area contributed by atoms with E-state index in [1.807, 2.05) is 18.2 Å². The van der Waals surface area contributed by atoms with E-state index in [1.165, 1.54) is 6.33 Å². The third kappa shape index (κ3) is 1.93. The van der Waals surface area contributed by atoms with E-state index in [2.05, 4.69) is 30.9 Å². The molecule has 1 saturated heterocycles. The Morgan fingerprint density at radius 2 is 2.12 bits per heavy atom. The van der Waals surface area contributed by atoms with E-state index >= 15 is 4.39 Å². The maximum atomic E-state index is 15.5. The summed E-state index contributed by atoms with van der Waals surface area (Å²) in [5.41, 5.74) is -1.49. The van der Waals surface area contributed by atoms with Crippen molar-refractivity contribution >= 4 is 49.7 Å². The van der Waals surface area contributed by atoms with Gasteiger partial charge in [0.25, 0.3) is 0 Å². The number of aliphatic carboxylic acids is 1. The fourth-order valence-electron chi connectivity index (χ4n) is 4.50. The molecule has 0 bridgehead atoms. The molecule has 1 atom stereocenters. The van der Waals surface area contributed by atoms with Crippen LogP contribution in [0.15, 0.2) is 29.0 Å². The molecule has 0 radical (unpaired) electrons. The summed E-state index contributed by atoms with van der Waals surface area (Å²) in [6.45, 7) is 0.183. The molecule has 1 spiro atoms. The van der Waals surface area contributed by atoms with E-state index in [0.29, 0.717) is 30.9 Å². The van der Waals surface area contributed by atoms with Gasteiger partial charge in [-0.2, -0.15) is 0 Å². The lowest BCUT2D eigenvalue weighted by Crippen LogP contribution is -2.53. The number of hydrogen-bond acceptors (Lipinski definition) is 4. The maximum absolute atomic E-state index is 15.5. The van der Waals surface area contributed by atoms with E-state index in [9.17, 15) is 9.90 Å². The van der Waals surface area contributed by atoms with Crippen LogP contribution in [0.5, 0.6) is 0 Å². The van der Waals surface area contributed by atoms with E-state index in [-0.39, 0.29) is 6.54 Å². The zero-order valence-corrected chi connectivity index (χ0v) is 15.4. The molecule has 2 aromatic heterocycles. The van der Waals surface area contributed by atoms with Crippen LogP contribution in [-0.2, 0) is 4.79 Å². The Balaban J connectivity index is 1.68. The van der Waals surface area contributed by atoms with Gasteiger partial charge in [0.1, 0.15) is 17.8 Å². The SMILES string of the molecule is O=C(O)[C@]1(F)CN(c2ncnc3[nH]c4cc(Br)ccc4c23)CC12CCC2. The van der Waals surface area contributed by atoms with Crippen molar-refractivity contribution in [3.8, 4) is 0 Å². The second-order valence-electron chi connectivity index (χ2n) is 7.33. The molecule has 3 aromatic rings. The fraction of sp³-hybridized carbons (Fsp3) is 0.389. The zero-order chi connectivity index (χ0) is 18.1. The number of H-pyrrole nitrogens is 1. The van der Waals surface area contributed by atoms with Crippen LogP contribution in [0, 0.1) is 5.41 Å². The van der Waals surface area contributed by atoms with Crippen LogP contribution in [0.2, 0.25) is 0 Å². The minimum atomic E-state index is -2.24. The van der Waals surface area contributed by atoms with Gasteiger partial charge in [-0.3, -0.25) is 0 Å². The lowest BCUT2D eigenvalue weighted by molar-refractivity contribution is -0.162. The predicted octanol–water partition coefficient (Wildman–Crippen LogP) is 3.66. The minimum Gasteiger partial charge on any atom is -0.479 e. The van der Waals surface area contributed by atoms with Gasteiger partial charge in [0, 0.05) is 27.3 Å². The predicted molar refractivity (Wildman–Crippen MR) is 99.1 cm³/mol. The molecule has 6 nitrogen and oxygen atoms in total. The van der Waals surface area contributed by atoms with Gasteiger partial charge in [0.15, 0.2) is 0 Å². The van der Waals surface area contributed by atoms with Gasteiger partial charge in [-0.1, -0.05) is 28.4 Å². The molecule has 0 unspecified atom stereocenters. The normalized spacial score (nSPS) is 24.5. The van der Waals surface area contributed by atoms with Gasteiger partial charge in [-0.15, -0.1) is 0 Å². The number of carbonyl (C=O) groups is 1. The first-order chi connectivity index (χ1) is 12.4. The van der Waals surface area contributed by atoms with Gasteiger partial charge in [-0.05, 0) is 25.0 Å². The quantitative estimate of drug-likeness (QED) is 0.663. The monoisotopic (exact) mass is 418 g/mol. The molecule has 5 rings (SSSR count). The van der Waals surface area contributed by atoms with Gasteiger partial charge in [0.2, 0.25) is 5.67 Å². The van der Waals surface area contributed by atoms with Crippen molar-refractivity contribution in [2.24, 2.45) is 5.41 Å². The standard InChI is InChI=1S/C18H16BrFN4O2/c19-10-2-3-11-12(6-10)23-14-13(11)15(22-9-21-14)24-7-17(4-1-5-17)18(20,8-24)16(25)26/h2-3,6,9H,1,4-5,7-8H2,(H,25,26)(H,21,22,23)/t18-/m1/s1. The Kier molecular flexibility index (Phi) is 3.17. The maximum Gasteiger partial charge on any atom is 0.344 e. The molecule has 8 heteroatoms. The van der Waals surface area contributed by atoms with Crippen molar-refractivity contribution in [2.75, 3.05) is 18.0 Å². The van der Waals surface area contributed by atoms with Crippen molar-refractivity contribution in [3.63, 3.8) is 0 Å². The van der Waals surface area contributed by atoms with Gasteiger partial charge >= 0.3 is 5.97 Å². The third-order valence-electron chi connectivity index (χ3n) is 6.02. The molecular formula is C18H16BrFN4O2. The van der Waals surface area contributed by atoms with Crippen molar-refractivity contribution in [3.05, 3.63) is 29.0 Å². The smallest absolute Gasteiger partial charge is 0.344 e. The van der Waals surface area contributed by atoms with Crippen LogP contribution >= 0.6 is 15.9 Å². The number of aromatic nitrogens is 3. The molecule has 2 aliphatic rings. The van der Waals surface area contributed by atoms with Gasteiger partial charge in [0.05, 0.1) is 11.9 Å². The van der Waals surface area contributed by atoms with Crippen LogP contribution in [0.1, 0.15) is 19.3 Å². The lowest BCUT2D eigenvalue weighted by Gasteiger charge is -2.43. The molecule has 1 aromatic carbocycles. The van der Waals surface area contributed by atoms with Crippen LogP contribution in [-0.4, -0.2) is 44.8 Å². The summed E-state index contributed by atoms with van der Waals surface area (Å²) in [5.74, 6) is -0.775. The van der Waals surface area contributed by atoms with E-state index in [1.54, 1.807) is 4.90 Å². The molecule has 1 saturated carbocycles. The zero-order valence-electron chi connectivity index (χ0n) is 13.8. The van der Waals surface area contributed by atoms with E-state index < -0.39 is 17.1 Å². The first-order valence-corrected chi connectivity index (χ1v) is 9.32. The number of benzene rings is 1. The highest BCUT2D eigenvalue weighted by Crippen LogP contribution is 2.56. The van der Waals surface area contributed by atoms with Crippen molar-refractivity contribution in [1.82, 2.24) is 15.0 Å². The summed E-state index contributed by atoms with van der Waals surface area (Å²) in [7, 11) is 0. The van der Waals surface area contributed by atoms with Crippen LogP contribution in [0.4, 0.5) is 10.2 Å². The molecular weight excluding hydrogens is 403 g/mol. The Bertz CT molecular complexity index is 1060. The Hall–Kier alpha value is -2.22. The van der Waals surface area contributed by atoms with Gasteiger partial charge < -0.3 is 15.0 Å². The third-order valence-corrected chi connectivity index (χ3v) is 6.52. The molecule has 2 N–H and O–H groups in total. The highest BCUT2D eigenvalue weighted by molar-refractivity contribution is 9.10. The number of carboxylic acids is 1. The first-order valence-electron chi connectivity index (χ1n) is 8.53. The van der Waals surface area contributed by atoms with Crippen molar-refractivity contribution in [1.29, 1.82) is 0 Å². The summed E-state index contributed by atoms with van der Waals surface area (Å²) in [6, 6.07) is 5.84. The Morgan fingerprint density at radius 3 is 2.77 bits per heavy atom. The summed E-state index contributed by atoms with van der Waals surface area (Å²) in [5, 5.41) is 11.3. The molecule has 26 heavy (non-hydrogen) atoms. The molecule has 3 heterocycles. The average Bonchev–Trinajstić information content (AvgIpc) is 3.09. The van der Waals surface area contributed by atoms with Crippen LogP contribution in [0.3, 0.4) is 0 Å². The number of nitrogens with one attached hydrogen (secondary N) is 1. The summed E-state index contributed by atoms with van der Waals surface area (Å²) >= 11 is 3.46. The lowest BCUT2D eigenvalue weighted by atomic mass is 9.61. The Morgan fingerprint density at radius 1 is 1.31 bits per heavy atom. The van der Waals surface area contributed by atoms with Gasteiger partial charge in [-0.25, -0.2) is 19.2 Å². The van der Waals surface area contributed by atoms with E-state index in [0.717, 1.165) is 27.2 Å². The second kappa shape index (κ2) is 5.16. The molecule has 1 aliphatic carbocycles. The molecule has 1 aliphatic heterocycles. The highest BCUT2D eigenvalue weighted by Gasteiger charge is 2.66. The Labute approximate surface area is 156 Å². The number of alkyl halides is 1. The van der Waals surface area contributed by atoms with Crippen molar-refractivity contribution in [2.45, 2.75) is 24.9 Å². The number of hydrogen-bond donors (Lipinski definition) is 2. The van der Waals surface area contributed by atoms with Crippen LogP contribution in [0.25, 0.3) is 21.9 Å². The average molecular weight is 419 g/mol. The summed E-state index contributed by atoms with van der Waals surface area (Å²) in [6.07, 6.45) is 3.50. The summed E-state index contributed by atoms with van der Waals surface area (Å²) in [4.78, 5) is 25.5.